The summed E-state index contributed by atoms with van der Waals surface area (Å²) >= 11 is 1.63. The Morgan fingerprint density at radius 1 is 1.24 bits per heavy atom. The van der Waals surface area contributed by atoms with Gasteiger partial charge in [0.15, 0.2) is 0 Å². The highest BCUT2D eigenvalue weighted by Gasteiger charge is 2.35. The van der Waals surface area contributed by atoms with Crippen molar-refractivity contribution in [3.8, 4) is 0 Å². The minimum atomic E-state index is -3.30. The number of benzene rings is 1. The topological polar surface area (TPSA) is 63.4 Å². The molecule has 2 N–H and O–H groups in total. The number of nitrogens with zero attached hydrogens (tertiary/aromatic N) is 1. The van der Waals surface area contributed by atoms with Crippen LogP contribution in [0.3, 0.4) is 0 Å². The molecule has 1 unspecified atom stereocenters. The number of anilines is 1. The molecule has 6 heteroatoms. The zero-order valence-corrected chi connectivity index (χ0v) is 13.2. The van der Waals surface area contributed by atoms with Gasteiger partial charge in [-0.15, -0.1) is 11.3 Å². The van der Waals surface area contributed by atoms with Crippen molar-refractivity contribution in [3.05, 3.63) is 52.2 Å². The fourth-order valence-electron chi connectivity index (χ4n) is 2.75. The molecule has 1 saturated heterocycles. The van der Waals surface area contributed by atoms with E-state index in [1.165, 1.54) is 0 Å². The average molecular weight is 322 g/mol. The Balaban J connectivity index is 1.82. The number of nitrogen functional groups attached to an aromatic ring is 1. The van der Waals surface area contributed by atoms with Crippen LogP contribution in [0.5, 0.6) is 0 Å². The van der Waals surface area contributed by atoms with Crippen molar-refractivity contribution in [2.75, 3.05) is 12.3 Å². The predicted molar refractivity (Wildman–Crippen MR) is 86.5 cm³/mol. The predicted octanol–water partition coefficient (Wildman–Crippen LogP) is 3.00. The lowest BCUT2D eigenvalue weighted by Crippen LogP contribution is -2.31. The van der Waals surface area contributed by atoms with Gasteiger partial charge in [-0.2, -0.15) is 4.31 Å². The Labute approximate surface area is 129 Å². The van der Waals surface area contributed by atoms with Crippen molar-refractivity contribution < 1.29 is 8.42 Å². The van der Waals surface area contributed by atoms with Crippen LogP contribution < -0.4 is 5.73 Å². The zero-order valence-electron chi connectivity index (χ0n) is 11.6. The zero-order chi connectivity index (χ0) is 14.9. The summed E-state index contributed by atoms with van der Waals surface area (Å²) in [6.45, 7) is 0.611. The molecule has 0 amide bonds. The van der Waals surface area contributed by atoms with Crippen LogP contribution in [0.4, 0.5) is 5.69 Å². The fraction of sp³-hybridized carbons (Fsp3) is 0.333. The number of hydrogen-bond acceptors (Lipinski definition) is 4. The highest BCUT2D eigenvalue weighted by molar-refractivity contribution is 7.88. The van der Waals surface area contributed by atoms with Crippen LogP contribution in [0.1, 0.15) is 29.3 Å². The Morgan fingerprint density at radius 3 is 2.67 bits per heavy atom. The van der Waals surface area contributed by atoms with Gasteiger partial charge < -0.3 is 5.73 Å². The monoisotopic (exact) mass is 322 g/mol. The van der Waals surface area contributed by atoms with Gasteiger partial charge in [-0.05, 0) is 42.0 Å². The Bertz CT molecular complexity index is 694. The summed E-state index contributed by atoms with van der Waals surface area (Å²) in [5.74, 6) is 0.0369. The van der Waals surface area contributed by atoms with E-state index in [1.54, 1.807) is 39.9 Å². The number of nitrogens with two attached hydrogens (primary N) is 1. The first-order chi connectivity index (χ1) is 10.1. The van der Waals surface area contributed by atoms with Crippen LogP contribution in [-0.2, 0) is 15.8 Å². The Kier molecular flexibility index (Phi) is 4.01. The van der Waals surface area contributed by atoms with Crippen molar-refractivity contribution in [1.29, 1.82) is 0 Å². The van der Waals surface area contributed by atoms with Gasteiger partial charge in [0.05, 0.1) is 11.8 Å². The average Bonchev–Trinajstić information content (AvgIpc) is 3.11. The van der Waals surface area contributed by atoms with E-state index < -0.39 is 10.0 Å². The fourth-order valence-corrected chi connectivity index (χ4v) is 5.48. The van der Waals surface area contributed by atoms with Crippen LogP contribution in [-0.4, -0.2) is 19.3 Å². The molecule has 1 aromatic heterocycles. The maximum absolute atomic E-state index is 12.7. The van der Waals surface area contributed by atoms with Crippen molar-refractivity contribution in [1.82, 2.24) is 4.31 Å². The van der Waals surface area contributed by atoms with Gasteiger partial charge in [-0.1, -0.05) is 18.2 Å². The van der Waals surface area contributed by atoms with Crippen LogP contribution in [0.2, 0.25) is 0 Å². The van der Waals surface area contributed by atoms with Crippen molar-refractivity contribution >= 4 is 27.0 Å². The first kappa shape index (κ1) is 14.6. The molecule has 0 radical (unpaired) electrons. The minimum Gasteiger partial charge on any atom is -0.399 e. The lowest BCUT2D eigenvalue weighted by molar-refractivity contribution is 0.400. The smallest absolute Gasteiger partial charge is 0.218 e. The minimum absolute atomic E-state index is 0.00350. The quantitative estimate of drug-likeness (QED) is 0.880. The van der Waals surface area contributed by atoms with Crippen molar-refractivity contribution in [2.24, 2.45) is 0 Å². The third-order valence-corrected chi connectivity index (χ3v) is 6.58. The van der Waals surface area contributed by atoms with Crippen LogP contribution in [0.25, 0.3) is 0 Å². The molecule has 4 nitrogen and oxygen atoms in total. The Morgan fingerprint density at radius 2 is 2.00 bits per heavy atom. The summed E-state index contributed by atoms with van der Waals surface area (Å²) in [5, 5.41) is 2.00. The third-order valence-electron chi connectivity index (χ3n) is 3.76. The maximum atomic E-state index is 12.7. The third kappa shape index (κ3) is 3.12. The molecule has 1 fully saturated rings. The van der Waals surface area contributed by atoms with Crippen molar-refractivity contribution in [2.45, 2.75) is 24.6 Å². The maximum Gasteiger partial charge on any atom is 0.218 e. The molecule has 0 bridgehead atoms. The Hall–Kier alpha value is -1.37. The van der Waals surface area contributed by atoms with E-state index in [-0.39, 0.29) is 11.8 Å². The van der Waals surface area contributed by atoms with Gasteiger partial charge in [0, 0.05) is 17.1 Å². The number of rotatable bonds is 4. The van der Waals surface area contributed by atoms with Gasteiger partial charge in [0.2, 0.25) is 10.0 Å². The molecule has 1 atom stereocenters. The molecule has 0 aliphatic carbocycles. The van der Waals surface area contributed by atoms with Crippen LogP contribution in [0, 0.1) is 0 Å². The molecular formula is C15H18N2O2S2. The van der Waals surface area contributed by atoms with Crippen LogP contribution >= 0.6 is 11.3 Å². The molecule has 2 heterocycles. The molecule has 112 valence electrons. The second-order valence-electron chi connectivity index (χ2n) is 5.28. The second-order valence-corrected chi connectivity index (χ2v) is 8.18. The van der Waals surface area contributed by atoms with E-state index in [0.29, 0.717) is 12.2 Å². The number of sulfonamides is 1. The number of thiophene rings is 1. The second kappa shape index (κ2) is 5.79. The molecule has 0 saturated carbocycles. The van der Waals surface area contributed by atoms with Gasteiger partial charge >= 0.3 is 0 Å². The molecule has 1 aliphatic heterocycles. The lowest BCUT2D eigenvalue weighted by atomic mass is 10.2. The van der Waals surface area contributed by atoms with E-state index >= 15 is 0 Å². The standard InChI is InChI=1S/C15H18N2O2S2/c16-13-7-5-12(6-8-13)11-21(18,19)17-9-1-3-14(17)15-4-2-10-20-15/h2,4-8,10,14H,1,3,9,11,16H2. The van der Waals surface area contributed by atoms with Crippen molar-refractivity contribution in [3.63, 3.8) is 0 Å². The van der Waals surface area contributed by atoms with E-state index in [9.17, 15) is 8.42 Å². The van der Waals surface area contributed by atoms with E-state index in [2.05, 4.69) is 0 Å². The lowest BCUT2D eigenvalue weighted by Gasteiger charge is -2.23. The summed E-state index contributed by atoms with van der Waals surface area (Å²) < 4.78 is 27.0. The summed E-state index contributed by atoms with van der Waals surface area (Å²) in [5.41, 5.74) is 7.07. The summed E-state index contributed by atoms with van der Waals surface area (Å²) in [6, 6.07) is 11.0. The highest BCUT2D eigenvalue weighted by Crippen LogP contribution is 2.37. The normalized spacial score (nSPS) is 19.9. The van der Waals surface area contributed by atoms with E-state index in [1.807, 2.05) is 17.5 Å². The molecule has 2 aromatic rings. The number of hydrogen-bond donors (Lipinski definition) is 1. The molecule has 1 aliphatic rings. The molecular weight excluding hydrogens is 304 g/mol. The molecule has 1 aromatic carbocycles. The van der Waals surface area contributed by atoms with Gasteiger partial charge in [-0.3, -0.25) is 0 Å². The van der Waals surface area contributed by atoms with Gasteiger partial charge in [0.25, 0.3) is 0 Å². The largest absolute Gasteiger partial charge is 0.399 e. The molecule has 3 rings (SSSR count). The summed E-state index contributed by atoms with van der Waals surface area (Å²) in [4.78, 5) is 1.13. The first-order valence-corrected chi connectivity index (χ1v) is 9.42. The highest BCUT2D eigenvalue weighted by atomic mass is 32.2. The summed E-state index contributed by atoms with van der Waals surface area (Å²) in [7, 11) is -3.30. The van der Waals surface area contributed by atoms with Gasteiger partial charge in [-0.25, -0.2) is 8.42 Å². The summed E-state index contributed by atoms with van der Waals surface area (Å²) in [6.07, 6.45) is 1.82. The first-order valence-electron chi connectivity index (χ1n) is 6.93. The van der Waals surface area contributed by atoms with Gasteiger partial charge in [0.1, 0.15) is 0 Å². The molecule has 21 heavy (non-hydrogen) atoms. The SMILES string of the molecule is Nc1ccc(CS(=O)(=O)N2CCCC2c2cccs2)cc1. The van der Waals surface area contributed by atoms with E-state index in [4.69, 9.17) is 5.73 Å². The van der Waals surface area contributed by atoms with E-state index in [0.717, 1.165) is 23.3 Å². The molecule has 0 spiro atoms. The van der Waals surface area contributed by atoms with Crippen LogP contribution in [0.15, 0.2) is 41.8 Å².